The number of hydrogen-bond acceptors (Lipinski definition) is 6. The summed E-state index contributed by atoms with van der Waals surface area (Å²) in [5.41, 5.74) is 0. The van der Waals surface area contributed by atoms with Crippen molar-refractivity contribution in [2.24, 2.45) is 11.1 Å². The number of primary sulfonamides is 1. The smallest absolute Gasteiger partial charge is 0.326 e. The summed E-state index contributed by atoms with van der Waals surface area (Å²) in [6, 6.07) is -1.18. The van der Waals surface area contributed by atoms with Crippen molar-refractivity contribution in [2.45, 2.75) is 25.3 Å². The lowest BCUT2D eigenvalue weighted by atomic mass is 10.1. The van der Waals surface area contributed by atoms with Crippen LogP contribution in [0.15, 0.2) is 0 Å². The summed E-state index contributed by atoms with van der Waals surface area (Å²) < 4.78 is 26.5. The Kier molecular flexibility index (Phi) is 5.67. The van der Waals surface area contributed by atoms with Crippen LogP contribution in [-0.4, -0.2) is 61.7 Å². The van der Waals surface area contributed by atoms with Crippen LogP contribution in [-0.2, 0) is 29.1 Å². The number of aliphatic carboxylic acids is 1. The fourth-order valence-electron chi connectivity index (χ4n) is 2.32. The first-order valence-corrected chi connectivity index (χ1v) is 7.95. The molecule has 9 nitrogen and oxygen atoms in total. The zero-order valence-corrected chi connectivity index (χ0v) is 12.3. The van der Waals surface area contributed by atoms with Crippen molar-refractivity contribution in [2.75, 3.05) is 19.4 Å². The summed E-state index contributed by atoms with van der Waals surface area (Å²) in [4.78, 5) is 35.2. The second-order valence-electron chi connectivity index (χ2n) is 4.91. The Labute approximate surface area is 122 Å². The molecule has 1 saturated heterocycles. The predicted octanol–water partition coefficient (Wildman–Crippen LogP) is -1.47. The number of carboxylic acids is 1. The number of carboxylic acid groups (broad SMARTS) is 1. The van der Waals surface area contributed by atoms with Crippen LogP contribution in [0.3, 0.4) is 0 Å². The number of nitrogens with zero attached hydrogens (tertiary/aromatic N) is 1. The third kappa shape index (κ3) is 5.31. The van der Waals surface area contributed by atoms with Gasteiger partial charge in [-0.15, -0.1) is 0 Å². The summed E-state index contributed by atoms with van der Waals surface area (Å²) in [6.45, 7) is -0.00655. The lowest BCUT2D eigenvalue weighted by Crippen LogP contribution is -2.42. The van der Waals surface area contributed by atoms with Gasteiger partial charge in [-0.2, -0.15) is 0 Å². The quantitative estimate of drug-likeness (QED) is 0.544. The van der Waals surface area contributed by atoms with Crippen LogP contribution in [0, 0.1) is 5.92 Å². The molecule has 0 aromatic heterocycles. The lowest BCUT2D eigenvalue weighted by molar-refractivity contribution is -0.149. The number of amides is 1. The fourth-order valence-corrected chi connectivity index (χ4v) is 3.20. The minimum Gasteiger partial charge on any atom is -0.480 e. The van der Waals surface area contributed by atoms with Gasteiger partial charge in [-0.3, -0.25) is 9.59 Å². The van der Waals surface area contributed by atoms with E-state index in [-0.39, 0.29) is 31.6 Å². The van der Waals surface area contributed by atoms with Gasteiger partial charge < -0.3 is 14.7 Å². The first-order valence-electron chi connectivity index (χ1n) is 6.23. The highest BCUT2D eigenvalue weighted by atomic mass is 32.2. The van der Waals surface area contributed by atoms with Gasteiger partial charge in [0.25, 0.3) is 0 Å². The van der Waals surface area contributed by atoms with Gasteiger partial charge >= 0.3 is 11.9 Å². The molecule has 1 aliphatic rings. The molecule has 0 aromatic rings. The third-order valence-electron chi connectivity index (χ3n) is 3.22. The maximum Gasteiger partial charge on any atom is 0.326 e. The summed E-state index contributed by atoms with van der Waals surface area (Å²) in [7, 11) is -2.55. The van der Waals surface area contributed by atoms with Crippen LogP contribution in [0.1, 0.15) is 19.3 Å². The molecular weight excluding hydrogens is 304 g/mol. The molecule has 120 valence electrons. The van der Waals surface area contributed by atoms with Gasteiger partial charge in [0, 0.05) is 25.3 Å². The van der Waals surface area contributed by atoms with E-state index in [1.807, 2.05) is 0 Å². The van der Waals surface area contributed by atoms with Crippen molar-refractivity contribution in [1.29, 1.82) is 0 Å². The monoisotopic (exact) mass is 322 g/mol. The Balaban J connectivity index is 2.73. The molecule has 0 radical (unpaired) electrons. The molecule has 1 heterocycles. The lowest BCUT2D eigenvalue weighted by Gasteiger charge is -2.24. The molecular formula is C11H18N2O7S. The maximum atomic E-state index is 11.8. The van der Waals surface area contributed by atoms with E-state index in [0.717, 1.165) is 4.90 Å². The number of ether oxygens (including phenoxy) is 1. The van der Waals surface area contributed by atoms with Gasteiger partial charge in [0.2, 0.25) is 15.9 Å². The molecule has 0 saturated carbocycles. The largest absolute Gasteiger partial charge is 0.480 e. The molecule has 0 aromatic carbocycles. The maximum absolute atomic E-state index is 11.8. The Morgan fingerprint density at radius 1 is 1.52 bits per heavy atom. The topological polar surface area (TPSA) is 144 Å². The van der Waals surface area contributed by atoms with Crippen LogP contribution >= 0.6 is 0 Å². The minimum atomic E-state index is -3.73. The molecule has 0 spiro atoms. The summed E-state index contributed by atoms with van der Waals surface area (Å²) in [5, 5.41) is 14.1. The van der Waals surface area contributed by atoms with Crippen LogP contribution in [0.5, 0.6) is 0 Å². The normalized spacial score (nSPS) is 20.4. The Morgan fingerprint density at radius 2 is 2.14 bits per heavy atom. The highest BCUT2D eigenvalue weighted by Crippen LogP contribution is 2.23. The number of sulfonamides is 1. The van der Waals surface area contributed by atoms with Crippen LogP contribution in [0.2, 0.25) is 0 Å². The Hall–Kier alpha value is -1.68. The van der Waals surface area contributed by atoms with E-state index in [9.17, 15) is 22.8 Å². The number of likely N-dealkylation sites (tertiary alicyclic amines) is 1. The molecule has 10 heteroatoms. The second-order valence-corrected chi connectivity index (χ2v) is 6.57. The average Bonchev–Trinajstić information content (AvgIpc) is 2.67. The van der Waals surface area contributed by atoms with E-state index >= 15 is 0 Å². The zero-order valence-electron chi connectivity index (χ0n) is 11.5. The molecule has 1 aliphatic heterocycles. The van der Waals surface area contributed by atoms with Crippen LogP contribution in [0.4, 0.5) is 0 Å². The molecule has 21 heavy (non-hydrogen) atoms. The number of methoxy groups -OCH3 is 1. The number of esters is 1. The van der Waals surface area contributed by atoms with Gasteiger partial charge in [-0.1, -0.05) is 0 Å². The molecule has 1 unspecified atom stereocenters. The first-order chi connectivity index (χ1) is 9.64. The van der Waals surface area contributed by atoms with E-state index in [4.69, 9.17) is 10.2 Å². The second kappa shape index (κ2) is 6.85. The molecule has 0 aliphatic carbocycles. The molecule has 0 bridgehead atoms. The van der Waals surface area contributed by atoms with Crippen molar-refractivity contribution in [3.8, 4) is 0 Å². The number of carbonyl (C=O) groups excluding carboxylic acids is 2. The van der Waals surface area contributed by atoms with Crippen molar-refractivity contribution >= 4 is 27.9 Å². The highest BCUT2D eigenvalue weighted by molar-refractivity contribution is 7.89. The Bertz CT molecular complexity index is 531. The standard InChI is InChI=1S/C11H18N2O7S/c1-20-10(15)3-2-8(11(16)17)13-5-7(4-9(13)14)6-21(12,18)19/h7-8H,2-6H2,1H3,(H,16,17)(H2,12,18,19)/t7?,8-/m0/s1. The van der Waals surface area contributed by atoms with Gasteiger partial charge in [0.15, 0.2) is 0 Å². The van der Waals surface area contributed by atoms with Crippen molar-refractivity contribution < 1.29 is 32.6 Å². The highest BCUT2D eigenvalue weighted by Gasteiger charge is 2.38. The molecule has 2 atom stereocenters. The van der Waals surface area contributed by atoms with Crippen LogP contribution < -0.4 is 5.14 Å². The van der Waals surface area contributed by atoms with Gasteiger partial charge in [0.1, 0.15) is 6.04 Å². The molecule has 1 fully saturated rings. The fraction of sp³-hybridized carbons (Fsp3) is 0.727. The molecule has 3 N–H and O–H groups in total. The van der Waals surface area contributed by atoms with Gasteiger partial charge in [-0.05, 0) is 6.42 Å². The average molecular weight is 322 g/mol. The summed E-state index contributed by atoms with van der Waals surface area (Å²) >= 11 is 0. The zero-order chi connectivity index (χ0) is 16.2. The van der Waals surface area contributed by atoms with Crippen molar-refractivity contribution in [3.05, 3.63) is 0 Å². The predicted molar refractivity (Wildman–Crippen MR) is 70.5 cm³/mol. The summed E-state index contributed by atoms with van der Waals surface area (Å²) in [6.07, 6.45) is -0.300. The van der Waals surface area contributed by atoms with E-state index in [1.165, 1.54) is 7.11 Å². The minimum absolute atomic E-state index is 0.00655. The Morgan fingerprint density at radius 3 is 2.62 bits per heavy atom. The van der Waals surface area contributed by atoms with E-state index in [1.54, 1.807) is 0 Å². The van der Waals surface area contributed by atoms with E-state index in [0.29, 0.717) is 0 Å². The number of nitrogens with two attached hydrogens (primary N) is 1. The van der Waals surface area contributed by atoms with E-state index in [2.05, 4.69) is 4.74 Å². The summed E-state index contributed by atoms with van der Waals surface area (Å²) in [5.74, 6) is -3.19. The third-order valence-corrected chi connectivity index (χ3v) is 4.15. The van der Waals surface area contributed by atoms with Crippen LogP contribution in [0.25, 0.3) is 0 Å². The number of rotatable bonds is 7. The van der Waals surface area contributed by atoms with Crippen molar-refractivity contribution in [3.63, 3.8) is 0 Å². The first kappa shape index (κ1) is 17.4. The SMILES string of the molecule is COC(=O)CC[C@@H](C(=O)O)N1CC(CS(N)(=O)=O)CC1=O. The van der Waals surface area contributed by atoms with Crippen molar-refractivity contribution in [1.82, 2.24) is 4.90 Å². The molecule has 1 rings (SSSR count). The van der Waals surface area contributed by atoms with Gasteiger partial charge in [-0.25, -0.2) is 18.4 Å². The molecule has 1 amide bonds. The van der Waals surface area contributed by atoms with E-state index < -0.39 is 39.8 Å². The number of hydrogen-bond donors (Lipinski definition) is 2. The van der Waals surface area contributed by atoms with Gasteiger partial charge in [0.05, 0.1) is 12.9 Å². The number of carbonyl (C=O) groups is 3.